The molecule has 3 heteroatoms. The number of rotatable bonds is 6. The molecule has 1 fully saturated rings. The fourth-order valence-corrected chi connectivity index (χ4v) is 1.90. The molecular weight excluding hydrogens is 176 g/mol. The lowest BCUT2D eigenvalue weighted by atomic mass is 10.1. The van der Waals surface area contributed by atoms with E-state index in [9.17, 15) is 5.11 Å². The first-order valence-corrected chi connectivity index (χ1v) is 5.68. The highest BCUT2D eigenvalue weighted by atomic mass is 16.3. The van der Waals surface area contributed by atoms with Crippen LogP contribution in [0.5, 0.6) is 0 Å². The van der Waals surface area contributed by atoms with Crippen molar-refractivity contribution in [3.63, 3.8) is 0 Å². The molecule has 0 spiro atoms. The molecule has 0 saturated heterocycles. The third-order valence-corrected chi connectivity index (χ3v) is 3.05. The fraction of sp³-hybridized carbons (Fsp3) is 1.00. The minimum atomic E-state index is 0.0427. The fourth-order valence-electron chi connectivity index (χ4n) is 1.90. The van der Waals surface area contributed by atoms with Gasteiger partial charge in [-0.05, 0) is 39.5 Å². The van der Waals surface area contributed by atoms with Gasteiger partial charge in [-0.15, -0.1) is 0 Å². The molecule has 3 N–H and O–H groups in total. The van der Waals surface area contributed by atoms with E-state index in [0.29, 0.717) is 6.04 Å². The standard InChI is InChI=1S/C11H24N2O/c1-8(2)13(6-10-4-5-10)11(7-14)9(3)12/h8-11,14H,4-7,12H2,1-3H3. The maximum atomic E-state index is 9.33. The first-order chi connectivity index (χ1) is 6.56. The van der Waals surface area contributed by atoms with Gasteiger partial charge in [-0.2, -0.15) is 0 Å². The van der Waals surface area contributed by atoms with E-state index in [1.807, 2.05) is 6.92 Å². The average Bonchev–Trinajstić information content (AvgIpc) is 2.86. The SMILES string of the molecule is CC(N)C(CO)N(CC1CC1)C(C)C. The van der Waals surface area contributed by atoms with Gasteiger partial charge in [-0.25, -0.2) is 0 Å². The van der Waals surface area contributed by atoms with Gasteiger partial charge in [0.05, 0.1) is 6.61 Å². The maximum absolute atomic E-state index is 9.33. The first kappa shape index (κ1) is 12.0. The normalized spacial score (nSPS) is 21.6. The molecule has 1 aliphatic carbocycles. The second kappa shape index (κ2) is 5.10. The quantitative estimate of drug-likeness (QED) is 0.667. The van der Waals surface area contributed by atoms with E-state index < -0.39 is 0 Å². The van der Waals surface area contributed by atoms with Crippen molar-refractivity contribution in [2.24, 2.45) is 11.7 Å². The van der Waals surface area contributed by atoms with E-state index >= 15 is 0 Å². The second-order valence-electron chi connectivity index (χ2n) is 4.84. The largest absolute Gasteiger partial charge is 0.395 e. The molecule has 0 aliphatic heterocycles. The zero-order valence-electron chi connectivity index (χ0n) is 9.61. The molecule has 84 valence electrons. The number of hydrogen-bond donors (Lipinski definition) is 2. The number of aliphatic hydroxyl groups is 1. The number of nitrogens with zero attached hydrogens (tertiary/aromatic N) is 1. The lowest BCUT2D eigenvalue weighted by Crippen LogP contribution is -2.52. The third kappa shape index (κ3) is 3.23. The molecule has 0 aromatic carbocycles. The number of aliphatic hydroxyl groups excluding tert-OH is 1. The Balaban J connectivity index is 2.52. The van der Waals surface area contributed by atoms with E-state index in [1.165, 1.54) is 12.8 Å². The minimum absolute atomic E-state index is 0.0427. The van der Waals surface area contributed by atoms with Gasteiger partial charge in [0.2, 0.25) is 0 Å². The van der Waals surface area contributed by atoms with Crippen LogP contribution in [-0.2, 0) is 0 Å². The zero-order chi connectivity index (χ0) is 10.7. The zero-order valence-corrected chi connectivity index (χ0v) is 9.61. The molecule has 1 rings (SSSR count). The summed E-state index contributed by atoms with van der Waals surface area (Å²) < 4.78 is 0. The van der Waals surface area contributed by atoms with Crippen molar-refractivity contribution in [2.45, 2.75) is 51.7 Å². The highest BCUT2D eigenvalue weighted by molar-refractivity contribution is 4.86. The van der Waals surface area contributed by atoms with Crippen LogP contribution in [0.25, 0.3) is 0 Å². The lowest BCUT2D eigenvalue weighted by Gasteiger charge is -2.36. The average molecular weight is 200 g/mol. The van der Waals surface area contributed by atoms with Crippen LogP contribution in [0.15, 0.2) is 0 Å². The van der Waals surface area contributed by atoms with Crippen LogP contribution < -0.4 is 5.73 Å². The van der Waals surface area contributed by atoms with Crippen LogP contribution in [0.4, 0.5) is 0 Å². The summed E-state index contributed by atoms with van der Waals surface area (Å²) in [6, 6.07) is 0.635. The summed E-state index contributed by atoms with van der Waals surface area (Å²) in [5.74, 6) is 0.852. The molecule has 0 bridgehead atoms. The van der Waals surface area contributed by atoms with Crippen molar-refractivity contribution in [1.82, 2.24) is 4.90 Å². The van der Waals surface area contributed by atoms with Crippen LogP contribution >= 0.6 is 0 Å². The smallest absolute Gasteiger partial charge is 0.0601 e. The van der Waals surface area contributed by atoms with Crippen molar-refractivity contribution in [1.29, 1.82) is 0 Å². The van der Waals surface area contributed by atoms with E-state index in [-0.39, 0.29) is 18.7 Å². The highest BCUT2D eigenvalue weighted by Gasteiger charge is 2.30. The molecule has 1 aliphatic rings. The Morgan fingerprint density at radius 3 is 2.21 bits per heavy atom. The summed E-state index contributed by atoms with van der Waals surface area (Å²) in [5, 5.41) is 9.33. The van der Waals surface area contributed by atoms with Gasteiger partial charge in [0, 0.05) is 24.7 Å². The monoisotopic (exact) mass is 200 g/mol. The highest BCUT2D eigenvalue weighted by Crippen LogP contribution is 2.31. The molecule has 0 aromatic rings. The van der Waals surface area contributed by atoms with Gasteiger partial charge in [0.25, 0.3) is 0 Å². The summed E-state index contributed by atoms with van der Waals surface area (Å²) in [6.45, 7) is 7.59. The summed E-state index contributed by atoms with van der Waals surface area (Å²) >= 11 is 0. The summed E-state index contributed by atoms with van der Waals surface area (Å²) in [4.78, 5) is 2.35. The molecule has 0 radical (unpaired) electrons. The summed E-state index contributed by atoms with van der Waals surface area (Å²) in [5.41, 5.74) is 5.88. The lowest BCUT2D eigenvalue weighted by molar-refractivity contribution is 0.0777. The second-order valence-corrected chi connectivity index (χ2v) is 4.84. The maximum Gasteiger partial charge on any atom is 0.0601 e. The van der Waals surface area contributed by atoms with Gasteiger partial charge in [0.1, 0.15) is 0 Å². The van der Waals surface area contributed by atoms with Crippen LogP contribution in [0.2, 0.25) is 0 Å². The molecule has 1 saturated carbocycles. The topological polar surface area (TPSA) is 49.5 Å². The first-order valence-electron chi connectivity index (χ1n) is 5.68. The van der Waals surface area contributed by atoms with Crippen LogP contribution in [-0.4, -0.2) is 41.3 Å². The molecule has 0 amide bonds. The Labute approximate surface area is 87.3 Å². The minimum Gasteiger partial charge on any atom is -0.395 e. The third-order valence-electron chi connectivity index (χ3n) is 3.05. The molecular formula is C11H24N2O. The van der Waals surface area contributed by atoms with Crippen LogP contribution in [0.3, 0.4) is 0 Å². The van der Waals surface area contributed by atoms with Crippen LogP contribution in [0.1, 0.15) is 33.6 Å². The van der Waals surface area contributed by atoms with E-state index in [0.717, 1.165) is 12.5 Å². The Bertz CT molecular complexity index is 167. The molecule has 3 nitrogen and oxygen atoms in total. The molecule has 2 unspecified atom stereocenters. The van der Waals surface area contributed by atoms with Crippen molar-refractivity contribution in [3.8, 4) is 0 Å². The molecule has 0 heterocycles. The molecule has 14 heavy (non-hydrogen) atoms. The Hall–Kier alpha value is -0.120. The van der Waals surface area contributed by atoms with E-state index in [4.69, 9.17) is 5.73 Å². The predicted molar refractivity (Wildman–Crippen MR) is 59.1 cm³/mol. The van der Waals surface area contributed by atoms with Crippen molar-refractivity contribution >= 4 is 0 Å². The van der Waals surface area contributed by atoms with E-state index in [2.05, 4.69) is 18.7 Å². The van der Waals surface area contributed by atoms with Gasteiger partial charge in [-0.3, -0.25) is 4.90 Å². The van der Waals surface area contributed by atoms with Crippen molar-refractivity contribution in [3.05, 3.63) is 0 Å². The van der Waals surface area contributed by atoms with Gasteiger partial charge in [-0.1, -0.05) is 0 Å². The van der Waals surface area contributed by atoms with Gasteiger partial charge in [0.15, 0.2) is 0 Å². The Morgan fingerprint density at radius 2 is 1.93 bits per heavy atom. The van der Waals surface area contributed by atoms with Crippen LogP contribution in [0, 0.1) is 5.92 Å². The number of hydrogen-bond acceptors (Lipinski definition) is 3. The van der Waals surface area contributed by atoms with E-state index in [1.54, 1.807) is 0 Å². The van der Waals surface area contributed by atoms with Crippen molar-refractivity contribution in [2.75, 3.05) is 13.2 Å². The Morgan fingerprint density at radius 1 is 1.36 bits per heavy atom. The molecule has 2 atom stereocenters. The Kier molecular flexibility index (Phi) is 4.35. The molecule has 0 aromatic heterocycles. The van der Waals surface area contributed by atoms with Crippen molar-refractivity contribution < 1.29 is 5.11 Å². The predicted octanol–water partition coefficient (Wildman–Crippen LogP) is 0.815. The number of nitrogens with two attached hydrogens (primary N) is 1. The van der Waals surface area contributed by atoms with Gasteiger partial charge < -0.3 is 10.8 Å². The summed E-state index contributed by atoms with van der Waals surface area (Å²) in [6.07, 6.45) is 2.70. The van der Waals surface area contributed by atoms with Gasteiger partial charge >= 0.3 is 0 Å². The summed E-state index contributed by atoms with van der Waals surface area (Å²) in [7, 11) is 0.